The number of imidazole rings is 1. The van der Waals surface area contributed by atoms with Gasteiger partial charge in [0.2, 0.25) is 0 Å². The first-order valence-electron chi connectivity index (χ1n) is 8.25. The second-order valence-corrected chi connectivity index (χ2v) is 7.11. The van der Waals surface area contributed by atoms with Gasteiger partial charge in [0.15, 0.2) is 0 Å². The molecule has 0 aliphatic carbocycles. The van der Waals surface area contributed by atoms with Crippen molar-refractivity contribution in [2.45, 2.75) is 39.4 Å². The number of aromatic nitrogens is 2. The fraction of sp³-hybridized carbons (Fsp3) is 0.588. The van der Waals surface area contributed by atoms with Gasteiger partial charge in [0, 0.05) is 56.0 Å². The number of thiophene rings is 1. The summed E-state index contributed by atoms with van der Waals surface area (Å²) in [6.07, 6.45) is 5.18. The van der Waals surface area contributed by atoms with Crippen molar-refractivity contribution in [3.63, 3.8) is 0 Å². The highest BCUT2D eigenvalue weighted by molar-refractivity contribution is 7.09. The molecule has 3 rings (SSSR count). The molecule has 4 nitrogen and oxygen atoms in total. The van der Waals surface area contributed by atoms with Gasteiger partial charge in [-0.15, -0.1) is 11.3 Å². The molecule has 0 unspecified atom stereocenters. The van der Waals surface area contributed by atoms with Crippen LogP contribution in [0.25, 0.3) is 0 Å². The molecule has 5 heteroatoms. The van der Waals surface area contributed by atoms with Crippen LogP contribution in [0.15, 0.2) is 29.9 Å². The Balaban J connectivity index is 1.49. The number of hydrogen-bond acceptors (Lipinski definition) is 4. The summed E-state index contributed by atoms with van der Waals surface area (Å²) in [6.45, 7) is 11.2. The van der Waals surface area contributed by atoms with E-state index in [0.717, 1.165) is 26.2 Å². The van der Waals surface area contributed by atoms with Crippen LogP contribution in [0, 0.1) is 0 Å². The maximum absolute atomic E-state index is 4.51. The third-order valence-electron chi connectivity index (χ3n) is 4.59. The molecule has 0 aromatic carbocycles. The molecule has 1 aliphatic heterocycles. The van der Waals surface area contributed by atoms with E-state index in [1.54, 1.807) is 0 Å². The van der Waals surface area contributed by atoms with E-state index in [-0.39, 0.29) is 0 Å². The molecule has 0 radical (unpaired) electrons. The average Bonchev–Trinajstić information content (AvgIpc) is 3.18. The van der Waals surface area contributed by atoms with Gasteiger partial charge in [-0.3, -0.25) is 4.90 Å². The molecular weight excluding hydrogens is 292 g/mol. The average molecular weight is 318 g/mol. The van der Waals surface area contributed by atoms with Crippen LogP contribution in [0.1, 0.15) is 24.5 Å². The zero-order valence-corrected chi connectivity index (χ0v) is 14.4. The van der Waals surface area contributed by atoms with Crippen molar-refractivity contribution in [1.29, 1.82) is 0 Å². The highest BCUT2D eigenvalue weighted by Gasteiger charge is 2.24. The predicted molar refractivity (Wildman–Crippen MR) is 92.2 cm³/mol. The van der Waals surface area contributed by atoms with Crippen molar-refractivity contribution >= 4 is 11.3 Å². The molecule has 3 heterocycles. The number of nitrogens with zero attached hydrogens (tertiary/aromatic N) is 4. The molecule has 0 saturated carbocycles. The zero-order chi connectivity index (χ0) is 15.4. The van der Waals surface area contributed by atoms with E-state index < -0.39 is 0 Å². The van der Waals surface area contributed by atoms with Gasteiger partial charge in [-0.1, -0.05) is 6.07 Å². The maximum Gasteiger partial charge on any atom is 0.122 e. The van der Waals surface area contributed by atoms with Gasteiger partial charge in [-0.05, 0) is 31.7 Å². The van der Waals surface area contributed by atoms with Gasteiger partial charge >= 0.3 is 0 Å². The quantitative estimate of drug-likeness (QED) is 0.818. The van der Waals surface area contributed by atoms with Crippen molar-refractivity contribution in [3.8, 4) is 0 Å². The minimum absolute atomic E-state index is 0.596. The molecule has 22 heavy (non-hydrogen) atoms. The highest BCUT2D eigenvalue weighted by atomic mass is 32.1. The normalized spacial score (nSPS) is 20.5. The van der Waals surface area contributed by atoms with E-state index in [1.807, 2.05) is 17.5 Å². The number of rotatable bonds is 6. The molecular formula is C17H26N4S. The summed E-state index contributed by atoms with van der Waals surface area (Å²) in [5, 5.41) is 2.17. The molecule has 0 N–H and O–H groups in total. The number of hydrogen-bond donors (Lipinski definition) is 0. The Bertz CT molecular complexity index is 563. The second kappa shape index (κ2) is 7.40. The Labute approximate surface area is 137 Å². The third-order valence-corrected chi connectivity index (χ3v) is 5.53. The third kappa shape index (κ3) is 3.77. The summed E-state index contributed by atoms with van der Waals surface area (Å²) in [4.78, 5) is 11.2. The molecule has 1 fully saturated rings. The van der Waals surface area contributed by atoms with E-state index >= 15 is 0 Å². The van der Waals surface area contributed by atoms with Crippen LogP contribution in [0.4, 0.5) is 0 Å². The minimum Gasteiger partial charge on any atom is -0.334 e. The molecule has 0 amide bonds. The topological polar surface area (TPSA) is 24.3 Å². The SMILES string of the molecule is CCn1ccnc1CN1CCN(CCc2cccs2)C[C@H]1C. The van der Waals surface area contributed by atoms with Gasteiger partial charge in [0.25, 0.3) is 0 Å². The molecule has 0 spiro atoms. The van der Waals surface area contributed by atoms with Gasteiger partial charge in [-0.2, -0.15) is 0 Å². The molecule has 0 bridgehead atoms. The summed E-state index contributed by atoms with van der Waals surface area (Å²) < 4.78 is 2.25. The van der Waals surface area contributed by atoms with E-state index in [2.05, 4.69) is 56.9 Å². The van der Waals surface area contributed by atoms with Crippen molar-refractivity contribution < 1.29 is 0 Å². The monoisotopic (exact) mass is 318 g/mol. The van der Waals surface area contributed by atoms with Crippen LogP contribution in [0.2, 0.25) is 0 Å². The van der Waals surface area contributed by atoms with Gasteiger partial charge in [0.1, 0.15) is 5.82 Å². The smallest absolute Gasteiger partial charge is 0.122 e. The number of piperazine rings is 1. The van der Waals surface area contributed by atoms with E-state index in [9.17, 15) is 0 Å². The standard InChI is InChI=1S/C17H26N4S/c1-3-20-9-7-18-17(20)14-21-11-10-19(13-15(21)2)8-6-16-5-4-12-22-16/h4-5,7,9,12,15H,3,6,8,10-11,13-14H2,1-2H3/t15-/m1/s1. The van der Waals surface area contributed by atoms with Crippen LogP contribution in [-0.2, 0) is 19.5 Å². The lowest BCUT2D eigenvalue weighted by molar-refractivity contribution is 0.0757. The van der Waals surface area contributed by atoms with Crippen LogP contribution >= 0.6 is 11.3 Å². The van der Waals surface area contributed by atoms with Crippen molar-refractivity contribution in [1.82, 2.24) is 19.4 Å². The maximum atomic E-state index is 4.51. The summed E-state index contributed by atoms with van der Waals surface area (Å²) in [7, 11) is 0. The summed E-state index contributed by atoms with van der Waals surface area (Å²) in [5.41, 5.74) is 0. The van der Waals surface area contributed by atoms with Crippen molar-refractivity contribution in [3.05, 3.63) is 40.6 Å². The molecule has 1 saturated heterocycles. The van der Waals surface area contributed by atoms with Crippen LogP contribution in [0.5, 0.6) is 0 Å². The fourth-order valence-corrected chi connectivity index (χ4v) is 3.89. The van der Waals surface area contributed by atoms with Crippen molar-refractivity contribution in [2.24, 2.45) is 0 Å². The first-order valence-corrected chi connectivity index (χ1v) is 9.13. The summed E-state index contributed by atoms with van der Waals surface area (Å²) >= 11 is 1.87. The zero-order valence-electron chi connectivity index (χ0n) is 13.6. The Hall–Kier alpha value is -1.17. The lowest BCUT2D eigenvalue weighted by Gasteiger charge is -2.39. The first-order chi connectivity index (χ1) is 10.8. The lowest BCUT2D eigenvalue weighted by atomic mass is 10.1. The Morgan fingerprint density at radius 1 is 1.36 bits per heavy atom. The second-order valence-electron chi connectivity index (χ2n) is 6.08. The van der Waals surface area contributed by atoms with Gasteiger partial charge < -0.3 is 9.47 Å². The lowest BCUT2D eigenvalue weighted by Crippen LogP contribution is -2.51. The van der Waals surface area contributed by atoms with Crippen LogP contribution < -0.4 is 0 Å². The van der Waals surface area contributed by atoms with E-state index in [4.69, 9.17) is 0 Å². The number of aryl methyl sites for hydroxylation is 1. The Morgan fingerprint density at radius 3 is 3.00 bits per heavy atom. The highest BCUT2D eigenvalue weighted by Crippen LogP contribution is 2.15. The Morgan fingerprint density at radius 2 is 2.27 bits per heavy atom. The Kier molecular flexibility index (Phi) is 5.28. The van der Waals surface area contributed by atoms with E-state index in [0.29, 0.717) is 6.04 Å². The molecule has 120 valence electrons. The van der Waals surface area contributed by atoms with Gasteiger partial charge in [0.05, 0.1) is 6.54 Å². The molecule has 1 atom stereocenters. The van der Waals surface area contributed by atoms with Gasteiger partial charge in [-0.25, -0.2) is 4.98 Å². The predicted octanol–water partition coefficient (Wildman–Crippen LogP) is 2.71. The largest absolute Gasteiger partial charge is 0.334 e. The van der Waals surface area contributed by atoms with Crippen LogP contribution in [-0.4, -0.2) is 51.6 Å². The molecule has 2 aromatic heterocycles. The molecule has 1 aliphatic rings. The first kappa shape index (κ1) is 15.7. The minimum atomic E-state index is 0.596. The molecule has 2 aromatic rings. The fourth-order valence-electron chi connectivity index (χ4n) is 3.19. The summed E-state index contributed by atoms with van der Waals surface area (Å²) in [6, 6.07) is 4.99. The van der Waals surface area contributed by atoms with Crippen molar-refractivity contribution in [2.75, 3.05) is 26.2 Å². The van der Waals surface area contributed by atoms with E-state index in [1.165, 1.54) is 30.2 Å². The summed E-state index contributed by atoms with van der Waals surface area (Å²) in [5.74, 6) is 1.20. The van der Waals surface area contributed by atoms with Crippen LogP contribution in [0.3, 0.4) is 0 Å².